The van der Waals surface area contributed by atoms with Gasteiger partial charge in [0.1, 0.15) is 0 Å². The van der Waals surface area contributed by atoms with E-state index in [1.807, 2.05) is 6.92 Å². The molecule has 1 aliphatic rings. The minimum atomic E-state index is 0.0467. The van der Waals surface area contributed by atoms with Crippen LogP contribution in [0.25, 0.3) is 0 Å². The number of allylic oxidation sites excluding steroid dienone is 1. The van der Waals surface area contributed by atoms with E-state index in [9.17, 15) is 0 Å². The molecule has 0 amide bonds. The van der Waals surface area contributed by atoms with E-state index in [1.165, 1.54) is 12.0 Å². The van der Waals surface area contributed by atoms with Crippen molar-refractivity contribution in [2.24, 2.45) is 5.92 Å². The highest BCUT2D eigenvalue weighted by atomic mass is 17.1. The summed E-state index contributed by atoms with van der Waals surface area (Å²) in [5.41, 5.74) is 1.21. The van der Waals surface area contributed by atoms with Crippen molar-refractivity contribution < 1.29 is 10.1 Å². The summed E-state index contributed by atoms with van der Waals surface area (Å²) in [5.74, 6) is 0.556. The Bertz CT molecular complexity index is 142. The van der Waals surface area contributed by atoms with Crippen molar-refractivity contribution in [2.45, 2.75) is 38.7 Å². The Morgan fingerprint density at radius 2 is 2.27 bits per heavy atom. The van der Waals surface area contributed by atoms with Crippen molar-refractivity contribution >= 4 is 0 Å². The molecule has 0 aromatic heterocycles. The van der Waals surface area contributed by atoms with Gasteiger partial charge in [0.05, 0.1) is 6.10 Å². The van der Waals surface area contributed by atoms with Gasteiger partial charge in [-0.15, -0.1) is 0 Å². The van der Waals surface area contributed by atoms with E-state index in [1.54, 1.807) is 0 Å². The first-order chi connectivity index (χ1) is 5.24. The maximum atomic E-state index is 8.46. The highest BCUT2D eigenvalue weighted by Crippen LogP contribution is 2.29. The summed E-state index contributed by atoms with van der Waals surface area (Å²) >= 11 is 0. The van der Waals surface area contributed by atoms with E-state index >= 15 is 0 Å². The number of hydrogen-bond donors (Lipinski definition) is 1. The number of hydrogen-bond acceptors (Lipinski definition) is 2. The molecule has 1 rings (SSSR count). The first-order valence-corrected chi connectivity index (χ1v) is 4.19. The van der Waals surface area contributed by atoms with Gasteiger partial charge in [0.2, 0.25) is 0 Å². The minimum absolute atomic E-state index is 0.0467. The molecule has 0 aromatic rings. The average molecular weight is 156 g/mol. The van der Waals surface area contributed by atoms with Gasteiger partial charge >= 0.3 is 0 Å². The highest BCUT2D eigenvalue weighted by molar-refractivity contribution is 4.98. The lowest BCUT2D eigenvalue weighted by Gasteiger charge is -2.26. The van der Waals surface area contributed by atoms with Gasteiger partial charge in [-0.2, -0.15) is 0 Å². The van der Waals surface area contributed by atoms with Crippen LogP contribution >= 0.6 is 0 Å². The van der Waals surface area contributed by atoms with E-state index in [0.29, 0.717) is 5.92 Å². The molecule has 2 atom stereocenters. The Labute approximate surface area is 67.8 Å². The third-order valence-corrected chi connectivity index (χ3v) is 2.47. The predicted molar refractivity (Wildman–Crippen MR) is 44.3 cm³/mol. The Morgan fingerprint density at radius 3 is 2.82 bits per heavy atom. The van der Waals surface area contributed by atoms with Crippen molar-refractivity contribution in [3.63, 3.8) is 0 Å². The molecule has 0 radical (unpaired) electrons. The lowest BCUT2D eigenvalue weighted by atomic mass is 9.83. The van der Waals surface area contributed by atoms with Crippen LogP contribution in [0.15, 0.2) is 12.2 Å². The van der Waals surface area contributed by atoms with Gasteiger partial charge in [-0.25, -0.2) is 4.89 Å². The standard InChI is InChI=1S/C9H16O2/c1-7(2)8-4-3-5-9(6-8)11-10/h8-10H,1,3-6H2,2H3/t8-,9-/m1/s1. The molecule has 1 fully saturated rings. The third kappa shape index (κ3) is 2.31. The molecule has 0 heterocycles. The molecule has 0 saturated heterocycles. The third-order valence-electron chi connectivity index (χ3n) is 2.47. The molecule has 1 N–H and O–H groups in total. The van der Waals surface area contributed by atoms with E-state index in [4.69, 9.17) is 5.26 Å². The summed E-state index contributed by atoms with van der Waals surface area (Å²) in [6.45, 7) is 5.96. The highest BCUT2D eigenvalue weighted by Gasteiger charge is 2.22. The zero-order valence-electron chi connectivity index (χ0n) is 7.05. The molecule has 0 unspecified atom stereocenters. The van der Waals surface area contributed by atoms with Crippen molar-refractivity contribution in [1.82, 2.24) is 0 Å². The second-order valence-electron chi connectivity index (χ2n) is 3.44. The zero-order valence-corrected chi connectivity index (χ0v) is 7.05. The zero-order chi connectivity index (χ0) is 8.27. The topological polar surface area (TPSA) is 29.5 Å². The van der Waals surface area contributed by atoms with E-state index in [-0.39, 0.29) is 6.10 Å². The van der Waals surface area contributed by atoms with Gasteiger partial charge < -0.3 is 0 Å². The van der Waals surface area contributed by atoms with Gasteiger partial charge in [0.25, 0.3) is 0 Å². The van der Waals surface area contributed by atoms with Crippen LogP contribution in [-0.2, 0) is 4.89 Å². The number of rotatable bonds is 2. The van der Waals surface area contributed by atoms with E-state index in [2.05, 4.69) is 11.5 Å². The molecule has 2 heteroatoms. The van der Waals surface area contributed by atoms with Crippen LogP contribution in [0.2, 0.25) is 0 Å². The van der Waals surface area contributed by atoms with Crippen molar-refractivity contribution in [3.05, 3.63) is 12.2 Å². The van der Waals surface area contributed by atoms with Gasteiger partial charge in [0.15, 0.2) is 0 Å². The van der Waals surface area contributed by atoms with Crippen LogP contribution < -0.4 is 0 Å². The first kappa shape index (κ1) is 8.75. The second-order valence-corrected chi connectivity index (χ2v) is 3.44. The minimum Gasteiger partial charge on any atom is -0.252 e. The molecule has 0 bridgehead atoms. The van der Waals surface area contributed by atoms with E-state index in [0.717, 1.165) is 19.3 Å². The molecular weight excluding hydrogens is 140 g/mol. The lowest BCUT2D eigenvalue weighted by molar-refractivity contribution is -0.285. The van der Waals surface area contributed by atoms with Crippen LogP contribution in [-0.4, -0.2) is 11.4 Å². The van der Waals surface area contributed by atoms with Crippen LogP contribution in [0.5, 0.6) is 0 Å². The molecular formula is C9H16O2. The fourth-order valence-corrected chi connectivity index (χ4v) is 1.69. The fourth-order valence-electron chi connectivity index (χ4n) is 1.69. The molecule has 0 aliphatic heterocycles. The van der Waals surface area contributed by atoms with Crippen molar-refractivity contribution in [3.8, 4) is 0 Å². The smallest absolute Gasteiger partial charge is 0.0933 e. The van der Waals surface area contributed by atoms with Crippen LogP contribution in [0.4, 0.5) is 0 Å². The van der Waals surface area contributed by atoms with Gasteiger partial charge in [-0.05, 0) is 32.1 Å². The molecule has 64 valence electrons. The van der Waals surface area contributed by atoms with Crippen molar-refractivity contribution in [2.75, 3.05) is 0 Å². The average Bonchev–Trinajstić information content (AvgIpc) is 2.05. The van der Waals surface area contributed by atoms with Crippen LogP contribution in [0.3, 0.4) is 0 Å². The predicted octanol–water partition coefficient (Wildman–Crippen LogP) is 2.61. The SMILES string of the molecule is C=C(C)[C@@H]1CCC[C@@H](OO)C1. The molecule has 0 spiro atoms. The Hall–Kier alpha value is -0.340. The molecule has 0 aromatic carbocycles. The quantitative estimate of drug-likeness (QED) is 0.378. The summed E-state index contributed by atoms with van der Waals surface area (Å²) in [5, 5.41) is 8.46. The molecule has 1 aliphatic carbocycles. The summed E-state index contributed by atoms with van der Waals surface area (Å²) in [6.07, 6.45) is 4.31. The largest absolute Gasteiger partial charge is 0.252 e. The Balaban J connectivity index is 2.39. The molecule has 11 heavy (non-hydrogen) atoms. The lowest BCUT2D eigenvalue weighted by Crippen LogP contribution is -2.22. The van der Waals surface area contributed by atoms with Gasteiger partial charge in [-0.3, -0.25) is 5.26 Å². The first-order valence-electron chi connectivity index (χ1n) is 4.19. The fraction of sp³-hybridized carbons (Fsp3) is 0.778. The van der Waals surface area contributed by atoms with Crippen LogP contribution in [0.1, 0.15) is 32.6 Å². The summed E-state index contributed by atoms with van der Waals surface area (Å²) < 4.78 is 0. The summed E-state index contributed by atoms with van der Waals surface area (Å²) in [4.78, 5) is 4.33. The molecule has 2 nitrogen and oxygen atoms in total. The molecule has 1 saturated carbocycles. The maximum absolute atomic E-state index is 8.46. The summed E-state index contributed by atoms with van der Waals surface area (Å²) in [6, 6.07) is 0. The summed E-state index contributed by atoms with van der Waals surface area (Å²) in [7, 11) is 0. The van der Waals surface area contributed by atoms with Crippen molar-refractivity contribution in [1.29, 1.82) is 0 Å². The maximum Gasteiger partial charge on any atom is 0.0933 e. The second kappa shape index (κ2) is 3.88. The monoisotopic (exact) mass is 156 g/mol. The van der Waals surface area contributed by atoms with Gasteiger partial charge in [0, 0.05) is 0 Å². The normalized spacial score (nSPS) is 31.8. The Kier molecular flexibility index (Phi) is 3.09. The van der Waals surface area contributed by atoms with Crippen LogP contribution in [0, 0.1) is 5.92 Å². The Morgan fingerprint density at radius 1 is 1.55 bits per heavy atom. The van der Waals surface area contributed by atoms with E-state index < -0.39 is 0 Å². The van der Waals surface area contributed by atoms with Gasteiger partial charge in [-0.1, -0.05) is 18.6 Å².